The Hall–Kier alpha value is -0.520. The Bertz CT molecular complexity index is 201. The topological polar surface area (TPSA) is 38.0 Å². The van der Waals surface area contributed by atoms with Crippen LogP contribution in [0.15, 0.2) is 0 Å². The lowest BCUT2D eigenvalue weighted by Crippen LogP contribution is -2.54. The number of terminal acetylenes is 1. The third-order valence-corrected chi connectivity index (χ3v) is 3.34. The van der Waals surface area contributed by atoms with E-state index in [9.17, 15) is 0 Å². The van der Waals surface area contributed by atoms with Gasteiger partial charge in [-0.25, -0.2) is 0 Å². The van der Waals surface area contributed by atoms with Gasteiger partial charge in [-0.05, 0) is 19.3 Å². The number of nitrogens with one attached hydrogen (secondary N) is 1. The van der Waals surface area contributed by atoms with E-state index in [2.05, 4.69) is 32.0 Å². The number of nitrogens with two attached hydrogens (primary N) is 1. The highest BCUT2D eigenvalue weighted by Crippen LogP contribution is 2.19. The zero-order valence-electron chi connectivity index (χ0n) is 11.2. The average molecular weight is 224 g/mol. The Kier molecular flexibility index (Phi) is 8.33. The van der Waals surface area contributed by atoms with Crippen molar-refractivity contribution in [2.75, 3.05) is 6.54 Å². The molecule has 2 unspecified atom stereocenters. The summed E-state index contributed by atoms with van der Waals surface area (Å²) in [4.78, 5) is 0. The Morgan fingerprint density at radius 2 is 2.00 bits per heavy atom. The van der Waals surface area contributed by atoms with Gasteiger partial charge in [-0.1, -0.05) is 46.0 Å². The van der Waals surface area contributed by atoms with E-state index >= 15 is 0 Å². The van der Waals surface area contributed by atoms with Crippen molar-refractivity contribution in [1.82, 2.24) is 5.32 Å². The van der Waals surface area contributed by atoms with E-state index in [1.165, 1.54) is 12.8 Å². The molecular weight excluding hydrogens is 196 g/mol. The fraction of sp³-hybridized carbons (Fsp3) is 0.857. The van der Waals surface area contributed by atoms with E-state index in [0.717, 1.165) is 25.7 Å². The molecule has 0 aliphatic rings. The molecule has 0 heterocycles. The Balaban J connectivity index is 4.44. The third kappa shape index (κ3) is 5.01. The van der Waals surface area contributed by atoms with Crippen molar-refractivity contribution < 1.29 is 0 Å². The minimum Gasteiger partial charge on any atom is -0.329 e. The van der Waals surface area contributed by atoms with Crippen molar-refractivity contribution in [3.63, 3.8) is 0 Å². The van der Waals surface area contributed by atoms with Crippen LogP contribution in [0.5, 0.6) is 0 Å². The first-order chi connectivity index (χ1) is 7.67. The van der Waals surface area contributed by atoms with Gasteiger partial charge < -0.3 is 5.73 Å². The van der Waals surface area contributed by atoms with Crippen LogP contribution < -0.4 is 11.1 Å². The van der Waals surface area contributed by atoms with Gasteiger partial charge in [0.2, 0.25) is 0 Å². The van der Waals surface area contributed by atoms with Gasteiger partial charge in [0, 0.05) is 12.1 Å². The van der Waals surface area contributed by atoms with Gasteiger partial charge in [0.1, 0.15) is 0 Å². The van der Waals surface area contributed by atoms with E-state index in [0.29, 0.717) is 6.54 Å². The largest absolute Gasteiger partial charge is 0.329 e. The first-order valence-corrected chi connectivity index (χ1v) is 6.61. The van der Waals surface area contributed by atoms with Crippen LogP contribution in [0, 0.1) is 12.3 Å². The molecule has 2 atom stereocenters. The fourth-order valence-electron chi connectivity index (χ4n) is 2.03. The monoisotopic (exact) mass is 224 g/mol. The van der Waals surface area contributed by atoms with Crippen LogP contribution in [0.1, 0.15) is 59.3 Å². The molecule has 0 saturated heterocycles. The van der Waals surface area contributed by atoms with Crippen LogP contribution in [-0.4, -0.2) is 18.1 Å². The minimum atomic E-state index is 0.0439. The average Bonchev–Trinajstić information content (AvgIpc) is 2.33. The SMILES string of the molecule is C#CC(CCC)NC(CC)(CN)CCCC. The quantitative estimate of drug-likeness (QED) is 0.591. The Labute approximate surface area is 101 Å². The molecule has 94 valence electrons. The second-order valence-corrected chi connectivity index (χ2v) is 4.59. The zero-order chi connectivity index (χ0) is 12.4. The molecule has 0 saturated carbocycles. The van der Waals surface area contributed by atoms with E-state index in [1.807, 2.05) is 0 Å². The summed E-state index contributed by atoms with van der Waals surface area (Å²) in [6.45, 7) is 7.23. The smallest absolute Gasteiger partial charge is 0.0691 e. The summed E-state index contributed by atoms with van der Waals surface area (Å²) in [6, 6.07) is 0.172. The lowest BCUT2D eigenvalue weighted by Gasteiger charge is -2.35. The van der Waals surface area contributed by atoms with E-state index < -0.39 is 0 Å². The summed E-state index contributed by atoms with van der Waals surface area (Å²) in [5.74, 6) is 2.84. The van der Waals surface area contributed by atoms with Crippen molar-refractivity contribution in [1.29, 1.82) is 0 Å². The normalized spacial score (nSPS) is 16.4. The van der Waals surface area contributed by atoms with Crippen LogP contribution in [0.3, 0.4) is 0 Å². The highest BCUT2D eigenvalue weighted by atomic mass is 15.0. The maximum absolute atomic E-state index is 5.93. The first kappa shape index (κ1) is 15.5. The highest BCUT2D eigenvalue weighted by Gasteiger charge is 2.27. The molecule has 3 N–H and O–H groups in total. The van der Waals surface area contributed by atoms with Crippen molar-refractivity contribution >= 4 is 0 Å². The van der Waals surface area contributed by atoms with Crippen molar-refractivity contribution in [3.8, 4) is 12.3 Å². The predicted octanol–water partition coefficient (Wildman–Crippen LogP) is 2.68. The van der Waals surface area contributed by atoms with Gasteiger partial charge in [-0.2, -0.15) is 0 Å². The van der Waals surface area contributed by atoms with Gasteiger partial charge in [0.25, 0.3) is 0 Å². The van der Waals surface area contributed by atoms with Gasteiger partial charge >= 0.3 is 0 Å². The summed E-state index contributed by atoms with van der Waals surface area (Å²) in [6.07, 6.45) is 12.3. The van der Waals surface area contributed by atoms with Crippen molar-refractivity contribution in [2.24, 2.45) is 5.73 Å². The summed E-state index contributed by atoms with van der Waals surface area (Å²) in [5, 5.41) is 3.59. The second-order valence-electron chi connectivity index (χ2n) is 4.59. The molecule has 0 aromatic rings. The molecule has 0 aliphatic carbocycles. The number of rotatable bonds is 9. The zero-order valence-corrected chi connectivity index (χ0v) is 11.2. The number of hydrogen-bond acceptors (Lipinski definition) is 2. The van der Waals surface area contributed by atoms with E-state index in [1.54, 1.807) is 0 Å². The molecule has 0 rings (SSSR count). The third-order valence-electron chi connectivity index (χ3n) is 3.34. The molecular formula is C14H28N2. The molecule has 0 amide bonds. The Morgan fingerprint density at radius 3 is 2.38 bits per heavy atom. The van der Waals surface area contributed by atoms with E-state index in [-0.39, 0.29) is 11.6 Å². The Morgan fingerprint density at radius 1 is 1.31 bits per heavy atom. The summed E-state index contributed by atoms with van der Waals surface area (Å²) < 4.78 is 0. The van der Waals surface area contributed by atoms with Crippen LogP contribution >= 0.6 is 0 Å². The lowest BCUT2D eigenvalue weighted by molar-refractivity contribution is 0.270. The molecule has 0 fully saturated rings. The molecule has 0 radical (unpaired) electrons. The molecule has 0 spiro atoms. The van der Waals surface area contributed by atoms with Crippen molar-refractivity contribution in [2.45, 2.75) is 70.9 Å². The van der Waals surface area contributed by atoms with E-state index in [4.69, 9.17) is 12.2 Å². The molecule has 0 aromatic heterocycles. The lowest BCUT2D eigenvalue weighted by atomic mass is 9.88. The maximum Gasteiger partial charge on any atom is 0.0691 e. The summed E-state index contributed by atoms with van der Waals surface area (Å²) in [5.41, 5.74) is 5.97. The first-order valence-electron chi connectivity index (χ1n) is 6.61. The summed E-state index contributed by atoms with van der Waals surface area (Å²) in [7, 11) is 0. The van der Waals surface area contributed by atoms with Crippen LogP contribution in [0.4, 0.5) is 0 Å². The van der Waals surface area contributed by atoms with Crippen LogP contribution in [-0.2, 0) is 0 Å². The predicted molar refractivity (Wildman–Crippen MR) is 72.3 cm³/mol. The highest BCUT2D eigenvalue weighted by molar-refractivity contribution is 5.03. The second kappa shape index (κ2) is 8.61. The standard InChI is InChI=1S/C14H28N2/c1-5-9-11-14(8-4,12-15)16-13(7-3)10-6-2/h3,13,16H,5-6,8-12,15H2,1-2,4H3. The number of unbranched alkanes of at least 4 members (excludes halogenated alkanes) is 1. The fourth-order valence-corrected chi connectivity index (χ4v) is 2.03. The molecule has 2 nitrogen and oxygen atoms in total. The molecule has 2 heteroatoms. The van der Waals surface area contributed by atoms with Gasteiger partial charge in [-0.3, -0.25) is 5.32 Å². The van der Waals surface area contributed by atoms with Crippen molar-refractivity contribution in [3.05, 3.63) is 0 Å². The van der Waals surface area contributed by atoms with Gasteiger partial charge in [-0.15, -0.1) is 6.42 Å². The van der Waals surface area contributed by atoms with Gasteiger partial charge in [0.15, 0.2) is 0 Å². The maximum atomic E-state index is 5.93. The van der Waals surface area contributed by atoms with Gasteiger partial charge in [0.05, 0.1) is 6.04 Å². The molecule has 0 aromatic carbocycles. The summed E-state index contributed by atoms with van der Waals surface area (Å²) >= 11 is 0. The minimum absolute atomic E-state index is 0.0439. The molecule has 0 aliphatic heterocycles. The van der Waals surface area contributed by atoms with Crippen LogP contribution in [0.25, 0.3) is 0 Å². The van der Waals surface area contributed by atoms with Crippen LogP contribution in [0.2, 0.25) is 0 Å². The number of hydrogen-bond donors (Lipinski definition) is 2. The molecule has 0 bridgehead atoms. The molecule has 16 heavy (non-hydrogen) atoms.